The molecule has 0 radical (unpaired) electrons. The fourth-order valence-corrected chi connectivity index (χ4v) is 3.95. The molecule has 7 heteroatoms. The van der Waals surface area contributed by atoms with Gasteiger partial charge in [-0.05, 0) is 68.2 Å². The first-order chi connectivity index (χ1) is 16.1. The van der Waals surface area contributed by atoms with Gasteiger partial charge < -0.3 is 10.2 Å². The highest BCUT2D eigenvalue weighted by Crippen LogP contribution is 2.26. The molecule has 1 saturated heterocycles. The minimum Gasteiger partial charge on any atom is -0.409 e. The first-order valence-corrected chi connectivity index (χ1v) is 11.7. The fraction of sp³-hybridized carbons (Fsp3) is 0.385. The number of fused-ring (bicyclic) bond motifs is 1. The average Bonchev–Trinajstić information content (AvgIpc) is 3.48. The number of pyridine rings is 1. The molecule has 5 rings (SSSR count). The number of nitrogens with zero attached hydrogens (tertiary/aromatic N) is 4. The van der Waals surface area contributed by atoms with Crippen molar-refractivity contribution < 1.29 is 9.23 Å². The second-order valence-electron chi connectivity index (χ2n) is 8.51. The van der Waals surface area contributed by atoms with Crippen LogP contribution >= 0.6 is 0 Å². The summed E-state index contributed by atoms with van der Waals surface area (Å²) in [6.07, 6.45) is 11.1. The van der Waals surface area contributed by atoms with Crippen LogP contribution in [0.2, 0.25) is 0 Å². The van der Waals surface area contributed by atoms with Gasteiger partial charge in [-0.1, -0.05) is 26.3 Å². The van der Waals surface area contributed by atoms with Crippen molar-refractivity contribution in [1.82, 2.24) is 24.8 Å². The Balaban J connectivity index is 0.000000821. The molecule has 3 aromatic heterocycles. The zero-order valence-corrected chi connectivity index (χ0v) is 19.6. The predicted octanol–water partition coefficient (Wildman–Crippen LogP) is 5.32. The van der Waals surface area contributed by atoms with Crippen molar-refractivity contribution in [3.05, 3.63) is 72.1 Å². The lowest BCUT2D eigenvalue weighted by molar-refractivity contribution is 0.107. The lowest BCUT2D eigenvalue weighted by atomic mass is 10.1. The third kappa shape index (κ3) is 5.42. The van der Waals surface area contributed by atoms with Crippen LogP contribution in [0.25, 0.3) is 22.2 Å². The Hall–Kier alpha value is -3.19. The summed E-state index contributed by atoms with van der Waals surface area (Å²) in [5, 5.41) is 7.98. The Labute approximate surface area is 194 Å². The molecule has 174 valence electrons. The van der Waals surface area contributed by atoms with E-state index >= 15 is 0 Å². The Kier molecular flexibility index (Phi) is 7.40. The van der Waals surface area contributed by atoms with Gasteiger partial charge in [-0.2, -0.15) is 9.83 Å². The molecule has 6 nitrogen and oxygen atoms in total. The summed E-state index contributed by atoms with van der Waals surface area (Å²) in [5.74, 6) is -0.258. The topological polar surface area (TPSA) is 56.9 Å². The molecular formula is C26H32FN5O. The van der Waals surface area contributed by atoms with E-state index in [1.54, 1.807) is 10.8 Å². The van der Waals surface area contributed by atoms with Gasteiger partial charge in [0.05, 0.1) is 17.8 Å². The zero-order chi connectivity index (χ0) is 23.2. The van der Waals surface area contributed by atoms with E-state index in [-0.39, 0.29) is 12.4 Å². The highest BCUT2D eigenvalue weighted by atomic mass is 19.1. The standard InChI is InChI=1S/C23H24FN5O.C3H8/c1-16-2-3-20(24)10-18(16)15-30-29-9-6-22-23(29)11-17(12-26-22)19-13-27-28(14-19)21-4-7-25-8-5-21;1-3-2/h2-3,6,9-14,21,25H,4-5,7-8,15H2,1H3;3H2,1-2H3. The molecule has 0 unspecified atom stereocenters. The quantitative estimate of drug-likeness (QED) is 0.448. The summed E-state index contributed by atoms with van der Waals surface area (Å²) >= 11 is 0. The summed E-state index contributed by atoms with van der Waals surface area (Å²) in [6, 6.07) is 9.16. The normalized spacial score (nSPS) is 14.2. The highest BCUT2D eigenvalue weighted by molar-refractivity contribution is 5.80. The van der Waals surface area contributed by atoms with Crippen molar-refractivity contribution in [2.75, 3.05) is 13.1 Å². The smallest absolute Gasteiger partial charge is 0.140 e. The third-order valence-electron chi connectivity index (χ3n) is 5.79. The molecule has 1 fully saturated rings. The van der Waals surface area contributed by atoms with E-state index in [0.717, 1.165) is 59.2 Å². The molecule has 1 aromatic carbocycles. The monoisotopic (exact) mass is 449 g/mol. The van der Waals surface area contributed by atoms with E-state index in [1.807, 2.05) is 31.6 Å². The van der Waals surface area contributed by atoms with Crippen molar-refractivity contribution in [2.45, 2.75) is 52.7 Å². The molecule has 0 aliphatic carbocycles. The van der Waals surface area contributed by atoms with Crippen LogP contribution in [0.15, 0.2) is 55.1 Å². The maximum absolute atomic E-state index is 13.6. The summed E-state index contributed by atoms with van der Waals surface area (Å²) in [7, 11) is 0. The Morgan fingerprint density at radius 3 is 2.67 bits per heavy atom. The number of aromatic nitrogens is 4. The Morgan fingerprint density at radius 1 is 1.09 bits per heavy atom. The van der Waals surface area contributed by atoms with E-state index in [0.29, 0.717) is 6.04 Å². The molecule has 1 aliphatic heterocycles. The lowest BCUT2D eigenvalue weighted by Crippen LogP contribution is -2.29. The number of nitrogens with one attached hydrogen (secondary N) is 1. The summed E-state index contributed by atoms with van der Waals surface area (Å²) in [5.41, 5.74) is 5.57. The molecule has 4 heterocycles. The van der Waals surface area contributed by atoms with E-state index in [2.05, 4.69) is 46.2 Å². The molecule has 33 heavy (non-hydrogen) atoms. The molecule has 0 bridgehead atoms. The van der Waals surface area contributed by atoms with Crippen LogP contribution in [0.1, 0.15) is 50.3 Å². The number of halogens is 1. The van der Waals surface area contributed by atoms with Crippen LogP contribution < -0.4 is 10.2 Å². The minimum absolute atomic E-state index is 0.258. The van der Waals surface area contributed by atoms with Gasteiger partial charge in [-0.15, -0.1) is 0 Å². The van der Waals surface area contributed by atoms with E-state index in [4.69, 9.17) is 4.84 Å². The lowest BCUT2D eigenvalue weighted by Gasteiger charge is -2.22. The molecule has 4 aromatic rings. The number of hydrogen-bond donors (Lipinski definition) is 1. The highest BCUT2D eigenvalue weighted by Gasteiger charge is 2.16. The first-order valence-electron chi connectivity index (χ1n) is 11.7. The summed E-state index contributed by atoms with van der Waals surface area (Å²) in [6.45, 7) is 8.54. The van der Waals surface area contributed by atoms with E-state index < -0.39 is 0 Å². The SMILES string of the molecule is CCC.Cc1ccc(F)cc1COn1ccc2ncc(-c3cnn(C4CCNCC4)c3)cc21. The molecule has 0 spiro atoms. The molecule has 1 aliphatic rings. The van der Waals surface area contributed by atoms with Crippen molar-refractivity contribution in [2.24, 2.45) is 0 Å². The molecular weight excluding hydrogens is 417 g/mol. The minimum atomic E-state index is -0.258. The van der Waals surface area contributed by atoms with E-state index in [9.17, 15) is 4.39 Å². The maximum Gasteiger partial charge on any atom is 0.140 e. The number of piperidine rings is 1. The van der Waals surface area contributed by atoms with Gasteiger partial charge >= 0.3 is 0 Å². The van der Waals surface area contributed by atoms with Crippen LogP contribution in [-0.2, 0) is 6.61 Å². The van der Waals surface area contributed by atoms with Gasteiger partial charge in [0, 0.05) is 29.7 Å². The predicted molar refractivity (Wildman–Crippen MR) is 129 cm³/mol. The van der Waals surface area contributed by atoms with Gasteiger partial charge in [0.25, 0.3) is 0 Å². The van der Waals surface area contributed by atoms with Crippen LogP contribution in [-0.4, -0.2) is 32.6 Å². The number of hydrogen-bond acceptors (Lipinski definition) is 4. The van der Waals surface area contributed by atoms with Crippen LogP contribution in [0.4, 0.5) is 4.39 Å². The van der Waals surface area contributed by atoms with Gasteiger partial charge in [-0.25, -0.2) is 4.39 Å². The van der Waals surface area contributed by atoms with Gasteiger partial charge in [0.2, 0.25) is 0 Å². The van der Waals surface area contributed by atoms with Crippen LogP contribution in [0.5, 0.6) is 0 Å². The molecule has 0 saturated carbocycles. The van der Waals surface area contributed by atoms with E-state index in [1.165, 1.54) is 18.6 Å². The summed E-state index contributed by atoms with van der Waals surface area (Å²) < 4.78 is 17.3. The van der Waals surface area contributed by atoms with Crippen molar-refractivity contribution in [3.63, 3.8) is 0 Å². The van der Waals surface area contributed by atoms with Gasteiger partial charge in [0.15, 0.2) is 0 Å². The largest absolute Gasteiger partial charge is 0.409 e. The zero-order valence-electron chi connectivity index (χ0n) is 19.6. The van der Waals surface area contributed by atoms with Crippen molar-refractivity contribution in [3.8, 4) is 11.1 Å². The molecule has 0 atom stereocenters. The van der Waals surface area contributed by atoms with Gasteiger partial charge in [0.1, 0.15) is 17.9 Å². The number of rotatable bonds is 5. The number of aryl methyl sites for hydroxylation is 1. The second-order valence-corrected chi connectivity index (χ2v) is 8.51. The van der Waals surface area contributed by atoms with Crippen molar-refractivity contribution in [1.29, 1.82) is 0 Å². The summed E-state index contributed by atoms with van der Waals surface area (Å²) in [4.78, 5) is 10.5. The molecule has 1 N–H and O–H groups in total. The second kappa shape index (κ2) is 10.6. The van der Waals surface area contributed by atoms with Crippen LogP contribution in [0, 0.1) is 12.7 Å². The van der Waals surface area contributed by atoms with Crippen LogP contribution in [0.3, 0.4) is 0 Å². The molecule has 0 amide bonds. The van der Waals surface area contributed by atoms with Crippen molar-refractivity contribution >= 4 is 11.0 Å². The third-order valence-corrected chi connectivity index (χ3v) is 5.79. The Morgan fingerprint density at radius 2 is 1.88 bits per heavy atom. The first kappa shape index (κ1) is 23.0. The Bertz CT molecular complexity index is 1190. The number of benzene rings is 1. The average molecular weight is 450 g/mol. The maximum atomic E-state index is 13.6. The fourth-order valence-electron chi connectivity index (χ4n) is 3.95. The van der Waals surface area contributed by atoms with Gasteiger partial charge in [-0.3, -0.25) is 9.67 Å².